The highest BCUT2D eigenvalue weighted by molar-refractivity contribution is 5.41. The molecular formula is C20H23NO3. The zero-order valence-electron chi connectivity index (χ0n) is 13.7. The molecule has 4 nitrogen and oxygen atoms in total. The van der Waals surface area contributed by atoms with Gasteiger partial charge in [-0.25, -0.2) is 0 Å². The van der Waals surface area contributed by atoms with Gasteiger partial charge < -0.3 is 14.6 Å². The van der Waals surface area contributed by atoms with Gasteiger partial charge in [0, 0.05) is 13.1 Å². The van der Waals surface area contributed by atoms with Crippen molar-refractivity contribution in [3.8, 4) is 11.5 Å². The molecule has 2 aliphatic heterocycles. The Kier molecular flexibility index (Phi) is 4.41. The third-order valence-electron chi connectivity index (χ3n) is 4.75. The normalized spacial score (nSPS) is 23.9. The van der Waals surface area contributed by atoms with Crippen molar-refractivity contribution >= 4 is 0 Å². The first-order chi connectivity index (χ1) is 11.8. The van der Waals surface area contributed by atoms with Gasteiger partial charge in [0.15, 0.2) is 17.6 Å². The van der Waals surface area contributed by atoms with Crippen LogP contribution in [0.1, 0.15) is 30.1 Å². The van der Waals surface area contributed by atoms with Gasteiger partial charge in [0.05, 0.1) is 6.10 Å². The zero-order chi connectivity index (χ0) is 16.4. The summed E-state index contributed by atoms with van der Waals surface area (Å²) >= 11 is 0. The Hall–Kier alpha value is -2.04. The number of likely N-dealkylation sites (tertiary alicyclic amines) is 1. The van der Waals surface area contributed by atoms with Crippen LogP contribution in [0.5, 0.6) is 11.5 Å². The first-order valence-corrected chi connectivity index (χ1v) is 8.66. The number of hydrogen-bond donors (Lipinski definition) is 1. The predicted octanol–water partition coefficient (Wildman–Crippen LogP) is 3.16. The molecule has 2 aliphatic rings. The number of nitrogens with zero attached hydrogens (tertiary/aromatic N) is 1. The van der Waals surface area contributed by atoms with Gasteiger partial charge in [-0.3, -0.25) is 4.90 Å². The minimum Gasteiger partial charge on any atom is -0.485 e. The number of piperidine rings is 1. The Morgan fingerprint density at radius 2 is 1.83 bits per heavy atom. The molecule has 1 fully saturated rings. The Bertz CT molecular complexity index is 686. The van der Waals surface area contributed by atoms with Gasteiger partial charge in [0.25, 0.3) is 0 Å². The lowest BCUT2D eigenvalue weighted by atomic mass is 10.0. The van der Waals surface area contributed by atoms with Crippen LogP contribution in [0.15, 0.2) is 48.5 Å². The fraction of sp³-hybridized carbons (Fsp3) is 0.400. The van der Waals surface area contributed by atoms with Crippen molar-refractivity contribution in [1.82, 2.24) is 4.90 Å². The summed E-state index contributed by atoms with van der Waals surface area (Å²) in [5.74, 6) is 1.62. The second-order valence-electron chi connectivity index (χ2n) is 6.64. The van der Waals surface area contributed by atoms with Crippen molar-refractivity contribution in [3.05, 3.63) is 59.7 Å². The maximum atomic E-state index is 9.78. The second-order valence-corrected chi connectivity index (χ2v) is 6.64. The van der Waals surface area contributed by atoms with Gasteiger partial charge in [-0.1, -0.05) is 36.4 Å². The van der Waals surface area contributed by atoms with Crippen molar-refractivity contribution in [3.63, 3.8) is 0 Å². The van der Waals surface area contributed by atoms with E-state index >= 15 is 0 Å². The van der Waals surface area contributed by atoms with E-state index in [2.05, 4.69) is 29.2 Å². The number of aliphatic hydroxyl groups is 1. The van der Waals surface area contributed by atoms with Crippen molar-refractivity contribution < 1.29 is 14.6 Å². The monoisotopic (exact) mass is 325 g/mol. The molecule has 1 saturated heterocycles. The number of ether oxygens (including phenoxy) is 2. The summed E-state index contributed by atoms with van der Waals surface area (Å²) in [6, 6.07) is 16.3. The van der Waals surface area contributed by atoms with Crippen molar-refractivity contribution in [2.45, 2.75) is 31.6 Å². The lowest BCUT2D eigenvalue weighted by Gasteiger charge is -2.30. The highest BCUT2D eigenvalue weighted by Gasteiger charge is 2.22. The van der Waals surface area contributed by atoms with Gasteiger partial charge in [0.1, 0.15) is 6.61 Å². The summed E-state index contributed by atoms with van der Waals surface area (Å²) in [5.41, 5.74) is 2.40. The van der Waals surface area contributed by atoms with Crippen LogP contribution >= 0.6 is 0 Å². The van der Waals surface area contributed by atoms with E-state index in [1.807, 2.05) is 24.3 Å². The lowest BCUT2D eigenvalue weighted by molar-refractivity contribution is 0.0668. The molecule has 2 heterocycles. The number of aliphatic hydroxyl groups excluding tert-OH is 1. The van der Waals surface area contributed by atoms with Crippen LogP contribution in [0.25, 0.3) is 0 Å². The maximum absolute atomic E-state index is 9.78. The molecule has 2 aromatic rings. The van der Waals surface area contributed by atoms with Crippen molar-refractivity contribution in [2.75, 3.05) is 19.7 Å². The molecule has 126 valence electrons. The van der Waals surface area contributed by atoms with Crippen LogP contribution in [0, 0.1) is 0 Å². The van der Waals surface area contributed by atoms with Crippen LogP contribution < -0.4 is 9.47 Å². The molecule has 2 unspecified atom stereocenters. The number of para-hydroxylation sites is 2. The third kappa shape index (κ3) is 3.40. The van der Waals surface area contributed by atoms with E-state index in [0.29, 0.717) is 6.61 Å². The minimum absolute atomic E-state index is 0.0641. The van der Waals surface area contributed by atoms with Crippen molar-refractivity contribution in [2.24, 2.45) is 0 Å². The molecule has 2 atom stereocenters. The molecule has 0 bridgehead atoms. The van der Waals surface area contributed by atoms with E-state index in [1.165, 1.54) is 5.56 Å². The summed E-state index contributed by atoms with van der Waals surface area (Å²) in [6.07, 6.45) is 1.76. The van der Waals surface area contributed by atoms with Crippen LogP contribution in [-0.4, -0.2) is 35.8 Å². The number of rotatable bonds is 3. The van der Waals surface area contributed by atoms with Gasteiger partial charge in [-0.05, 0) is 42.6 Å². The van der Waals surface area contributed by atoms with E-state index in [1.54, 1.807) is 0 Å². The van der Waals surface area contributed by atoms with Crippen LogP contribution in [0.3, 0.4) is 0 Å². The van der Waals surface area contributed by atoms with E-state index in [4.69, 9.17) is 9.47 Å². The van der Waals surface area contributed by atoms with Crippen LogP contribution in [0.4, 0.5) is 0 Å². The van der Waals surface area contributed by atoms with Crippen LogP contribution in [0.2, 0.25) is 0 Å². The Labute approximate surface area is 142 Å². The largest absolute Gasteiger partial charge is 0.485 e. The molecule has 0 saturated carbocycles. The molecular weight excluding hydrogens is 302 g/mol. The summed E-state index contributed by atoms with van der Waals surface area (Å²) < 4.78 is 11.8. The topological polar surface area (TPSA) is 41.9 Å². The fourth-order valence-electron chi connectivity index (χ4n) is 3.45. The summed E-state index contributed by atoms with van der Waals surface area (Å²) in [4.78, 5) is 2.32. The first kappa shape index (κ1) is 15.5. The number of fused-ring (bicyclic) bond motifs is 1. The lowest BCUT2D eigenvalue weighted by Crippen LogP contribution is -2.37. The molecule has 24 heavy (non-hydrogen) atoms. The SMILES string of the molecule is OC1CCCN(Cc2ccc(C3COc4ccccc4O3)cc2)C1. The smallest absolute Gasteiger partial charge is 0.162 e. The highest BCUT2D eigenvalue weighted by atomic mass is 16.6. The number of hydrogen-bond acceptors (Lipinski definition) is 4. The molecule has 0 spiro atoms. The molecule has 4 heteroatoms. The molecule has 0 aromatic heterocycles. The summed E-state index contributed by atoms with van der Waals surface area (Å²) in [6.45, 7) is 3.27. The fourth-order valence-corrected chi connectivity index (χ4v) is 3.45. The second kappa shape index (κ2) is 6.83. The summed E-state index contributed by atoms with van der Waals surface area (Å²) in [5, 5.41) is 9.78. The Morgan fingerprint density at radius 3 is 2.62 bits per heavy atom. The standard InChI is InChI=1S/C20H23NO3/c22-17-4-3-11-21(13-17)12-15-7-9-16(10-8-15)20-14-23-18-5-1-2-6-19(18)24-20/h1-2,5-10,17,20,22H,3-4,11-14H2. The number of benzene rings is 2. The van der Waals surface area contributed by atoms with Crippen molar-refractivity contribution in [1.29, 1.82) is 0 Å². The van der Waals surface area contributed by atoms with E-state index in [0.717, 1.165) is 49.5 Å². The van der Waals surface area contributed by atoms with Crippen LogP contribution in [-0.2, 0) is 6.54 Å². The summed E-state index contributed by atoms with van der Waals surface area (Å²) in [7, 11) is 0. The van der Waals surface area contributed by atoms with Gasteiger partial charge in [-0.15, -0.1) is 0 Å². The number of β-amino-alcohol motifs (C(OH)–C–C–N with tert-alkyl or cyclic N) is 1. The molecule has 0 amide bonds. The molecule has 0 radical (unpaired) electrons. The Balaban J connectivity index is 1.41. The molecule has 2 aromatic carbocycles. The van der Waals surface area contributed by atoms with Gasteiger partial charge in [-0.2, -0.15) is 0 Å². The average molecular weight is 325 g/mol. The van der Waals surface area contributed by atoms with Gasteiger partial charge >= 0.3 is 0 Å². The van der Waals surface area contributed by atoms with E-state index < -0.39 is 0 Å². The molecule has 1 N–H and O–H groups in total. The third-order valence-corrected chi connectivity index (χ3v) is 4.75. The zero-order valence-corrected chi connectivity index (χ0v) is 13.7. The molecule has 0 aliphatic carbocycles. The quantitative estimate of drug-likeness (QED) is 0.941. The van der Waals surface area contributed by atoms with E-state index in [9.17, 15) is 5.11 Å². The predicted molar refractivity (Wildman–Crippen MR) is 92.3 cm³/mol. The van der Waals surface area contributed by atoms with E-state index in [-0.39, 0.29) is 12.2 Å². The first-order valence-electron chi connectivity index (χ1n) is 8.66. The highest BCUT2D eigenvalue weighted by Crippen LogP contribution is 2.35. The maximum Gasteiger partial charge on any atom is 0.162 e. The average Bonchev–Trinajstić information content (AvgIpc) is 2.62. The Morgan fingerprint density at radius 1 is 1.04 bits per heavy atom. The van der Waals surface area contributed by atoms with Gasteiger partial charge in [0.2, 0.25) is 0 Å². The minimum atomic E-state index is -0.175. The molecule has 4 rings (SSSR count).